The summed E-state index contributed by atoms with van der Waals surface area (Å²) in [6.07, 6.45) is 2.60. The fourth-order valence-electron chi connectivity index (χ4n) is 3.26. The van der Waals surface area contributed by atoms with Gasteiger partial charge in [-0.3, -0.25) is 4.79 Å². The van der Waals surface area contributed by atoms with Crippen molar-refractivity contribution in [2.24, 2.45) is 5.92 Å². The number of hydrogen-bond donors (Lipinski definition) is 1. The van der Waals surface area contributed by atoms with E-state index in [9.17, 15) is 4.79 Å². The van der Waals surface area contributed by atoms with Gasteiger partial charge >= 0.3 is 0 Å². The molecule has 6 nitrogen and oxygen atoms in total. The standard InChI is InChI=1S/C15H19N5OS/c21-15(11-1-3-16-9-11)20-6-4-19(5-7-20)14-13-12(2-8-22-13)17-10-18-14/h2,8,10-11,16H,1,3-7,9H2. The number of thiophene rings is 1. The molecule has 4 heterocycles. The van der Waals surface area contributed by atoms with Crippen LogP contribution in [0.5, 0.6) is 0 Å². The number of piperazine rings is 1. The van der Waals surface area contributed by atoms with Crippen LogP contribution in [0.15, 0.2) is 17.8 Å². The minimum Gasteiger partial charge on any atom is -0.352 e. The Kier molecular flexibility index (Phi) is 3.67. The molecule has 1 amide bonds. The summed E-state index contributed by atoms with van der Waals surface area (Å²) < 4.78 is 1.14. The van der Waals surface area contributed by atoms with Crippen molar-refractivity contribution in [2.75, 3.05) is 44.2 Å². The number of nitrogens with zero attached hydrogens (tertiary/aromatic N) is 4. The summed E-state index contributed by atoms with van der Waals surface area (Å²) >= 11 is 1.68. The maximum atomic E-state index is 12.5. The highest BCUT2D eigenvalue weighted by Gasteiger charge is 2.30. The molecule has 2 saturated heterocycles. The molecule has 1 atom stereocenters. The van der Waals surface area contributed by atoms with Gasteiger partial charge in [0.25, 0.3) is 0 Å². The second-order valence-corrected chi connectivity index (χ2v) is 6.75. The highest BCUT2D eigenvalue weighted by atomic mass is 32.1. The second kappa shape index (κ2) is 5.81. The second-order valence-electron chi connectivity index (χ2n) is 5.83. The van der Waals surface area contributed by atoms with Crippen LogP contribution in [0.4, 0.5) is 5.82 Å². The van der Waals surface area contributed by atoms with Crippen LogP contribution in [0, 0.1) is 5.92 Å². The first-order valence-corrected chi connectivity index (χ1v) is 8.63. The van der Waals surface area contributed by atoms with Crippen LogP contribution >= 0.6 is 11.3 Å². The summed E-state index contributed by atoms with van der Waals surface area (Å²) in [7, 11) is 0. The number of amides is 1. The lowest BCUT2D eigenvalue weighted by molar-refractivity contribution is -0.135. The van der Waals surface area contributed by atoms with E-state index in [0.717, 1.165) is 61.7 Å². The Morgan fingerprint density at radius 2 is 2.14 bits per heavy atom. The van der Waals surface area contributed by atoms with Crippen molar-refractivity contribution in [1.29, 1.82) is 0 Å². The van der Waals surface area contributed by atoms with E-state index in [1.807, 2.05) is 11.0 Å². The molecular weight excluding hydrogens is 298 g/mol. The Bertz CT molecular complexity index is 673. The Balaban J connectivity index is 1.45. The van der Waals surface area contributed by atoms with Gasteiger partial charge in [0.2, 0.25) is 5.91 Å². The van der Waals surface area contributed by atoms with E-state index in [1.54, 1.807) is 17.7 Å². The van der Waals surface area contributed by atoms with E-state index < -0.39 is 0 Å². The van der Waals surface area contributed by atoms with Crippen molar-refractivity contribution in [3.05, 3.63) is 17.8 Å². The van der Waals surface area contributed by atoms with Crippen LogP contribution in [-0.4, -0.2) is 60.0 Å². The highest BCUT2D eigenvalue weighted by Crippen LogP contribution is 2.28. The summed E-state index contributed by atoms with van der Waals surface area (Å²) in [6.45, 7) is 5.05. The molecule has 2 aromatic heterocycles. The molecule has 0 saturated carbocycles. The molecule has 0 spiro atoms. The fraction of sp³-hybridized carbons (Fsp3) is 0.533. The largest absolute Gasteiger partial charge is 0.352 e. The zero-order valence-electron chi connectivity index (χ0n) is 12.4. The van der Waals surface area contributed by atoms with E-state index in [-0.39, 0.29) is 5.92 Å². The van der Waals surface area contributed by atoms with Gasteiger partial charge in [-0.1, -0.05) is 0 Å². The number of hydrogen-bond acceptors (Lipinski definition) is 6. The van der Waals surface area contributed by atoms with Crippen LogP contribution < -0.4 is 10.2 Å². The molecule has 0 bridgehead atoms. The van der Waals surface area contributed by atoms with Crippen molar-refractivity contribution >= 4 is 33.3 Å². The van der Waals surface area contributed by atoms with Crippen LogP contribution in [0.2, 0.25) is 0 Å². The number of nitrogens with one attached hydrogen (secondary N) is 1. The van der Waals surface area contributed by atoms with Gasteiger partial charge < -0.3 is 15.1 Å². The Morgan fingerprint density at radius 1 is 1.27 bits per heavy atom. The predicted molar refractivity (Wildman–Crippen MR) is 87.2 cm³/mol. The molecule has 1 unspecified atom stereocenters. The normalized spacial score (nSPS) is 22.5. The predicted octanol–water partition coefficient (Wildman–Crippen LogP) is 0.949. The SMILES string of the molecule is O=C(C1CCNC1)N1CCN(c2ncnc3ccsc23)CC1. The monoisotopic (exact) mass is 317 g/mol. The molecule has 0 radical (unpaired) electrons. The van der Waals surface area contributed by atoms with Gasteiger partial charge in [0, 0.05) is 32.7 Å². The number of rotatable bonds is 2. The zero-order valence-corrected chi connectivity index (χ0v) is 13.2. The lowest BCUT2D eigenvalue weighted by Gasteiger charge is -2.36. The smallest absolute Gasteiger partial charge is 0.227 e. The van der Waals surface area contributed by atoms with E-state index in [2.05, 4.69) is 25.6 Å². The van der Waals surface area contributed by atoms with Gasteiger partial charge in [-0.15, -0.1) is 11.3 Å². The molecule has 22 heavy (non-hydrogen) atoms. The van der Waals surface area contributed by atoms with E-state index in [0.29, 0.717) is 5.91 Å². The van der Waals surface area contributed by atoms with Crippen LogP contribution in [0.1, 0.15) is 6.42 Å². The number of anilines is 1. The molecule has 4 rings (SSSR count). The maximum Gasteiger partial charge on any atom is 0.227 e. The first kappa shape index (κ1) is 13.9. The minimum absolute atomic E-state index is 0.176. The topological polar surface area (TPSA) is 61.4 Å². The molecule has 2 fully saturated rings. The fourth-order valence-corrected chi connectivity index (χ4v) is 4.13. The number of carbonyl (C=O) groups excluding carboxylic acids is 1. The molecule has 2 aromatic rings. The van der Waals surface area contributed by atoms with Gasteiger partial charge in [0.05, 0.1) is 16.1 Å². The number of aromatic nitrogens is 2. The third-order valence-corrected chi connectivity index (χ3v) is 5.42. The summed E-state index contributed by atoms with van der Waals surface area (Å²) in [5, 5.41) is 5.32. The van der Waals surface area contributed by atoms with Crippen LogP contribution in [0.25, 0.3) is 10.2 Å². The van der Waals surface area contributed by atoms with Crippen molar-refractivity contribution in [3.63, 3.8) is 0 Å². The first-order chi connectivity index (χ1) is 10.8. The van der Waals surface area contributed by atoms with Gasteiger partial charge in [-0.2, -0.15) is 0 Å². The Morgan fingerprint density at radius 3 is 2.91 bits per heavy atom. The molecule has 1 N–H and O–H groups in total. The minimum atomic E-state index is 0.176. The van der Waals surface area contributed by atoms with Crippen molar-refractivity contribution < 1.29 is 4.79 Å². The average molecular weight is 317 g/mol. The molecule has 7 heteroatoms. The Hall–Kier alpha value is -1.73. The van der Waals surface area contributed by atoms with Gasteiger partial charge in [0.1, 0.15) is 12.1 Å². The quantitative estimate of drug-likeness (QED) is 0.893. The van der Waals surface area contributed by atoms with Crippen LogP contribution in [0.3, 0.4) is 0 Å². The summed E-state index contributed by atoms with van der Waals surface area (Å²) in [5.74, 6) is 1.50. The lowest BCUT2D eigenvalue weighted by atomic mass is 10.1. The summed E-state index contributed by atoms with van der Waals surface area (Å²) in [5.41, 5.74) is 1.01. The van der Waals surface area contributed by atoms with Crippen molar-refractivity contribution in [2.45, 2.75) is 6.42 Å². The zero-order chi connectivity index (χ0) is 14.9. The summed E-state index contributed by atoms with van der Waals surface area (Å²) in [6, 6.07) is 2.03. The van der Waals surface area contributed by atoms with E-state index in [1.165, 1.54) is 0 Å². The Labute approximate surface area is 133 Å². The average Bonchev–Trinajstić information content (AvgIpc) is 3.25. The summed E-state index contributed by atoms with van der Waals surface area (Å²) in [4.78, 5) is 25.5. The molecule has 2 aliphatic rings. The van der Waals surface area contributed by atoms with Gasteiger partial charge in [-0.25, -0.2) is 9.97 Å². The molecule has 0 aromatic carbocycles. The van der Waals surface area contributed by atoms with Crippen molar-refractivity contribution in [1.82, 2.24) is 20.2 Å². The van der Waals surface area contributed by atoms with Crippen LogP contribution in [-0.2, 0) is 4.79 Å². The van der Waals surface area contributed by atoms with E-state index >= 15 is 0 Å². The molecule has 116 valence electrons. The molecule has 2 aliphatic heterocycles. The third-order valence-electron chi connectivity index (χ3n) is 4.52. The number of carbonyl (C=O) groups is 1. The van der Waals surface area contributed by atoms with Gasteiger partial charge in [0.15, 0.2) is 0 Å². The van der Waals surface area contributed by atoms with E-state index in [4.69, 9.17) is 0 Å². The highest BCUT2D eigenvalue weighted by molar-refractivity contribution is 7.17. The maximum absolute atomic E-state index is 12.5. The van der Waals surface area contributed by atoms with Gasteiger partial charge in [-0.05, 0) is 24.4 Å². The number of fused-ring (bicyclic) bond motifs is 1. The van der Waals surface area contributed by atoms with Crippen molar-refractivity contribution in [3.8, 4) is 0 Å². The third kappa shape index (κ3) is 2.44. The first-order valence-electron chi connectivity index (χ1n) is 7.75. The molecular formula is C15H19N5OS. The lowest BCUT2D eigenvalue weighted by Crippen LogP contribution is -2.50. The molecule has 0 aliphatic carbocycles.